The molecule has 0 saturated carbocycles. The van der Waals surface area contributed by atoms with E-state index in [1.807, 2.05) is 20.0 Å². The molecule has 0 radical (unpaired) electrons. The fraction of sp³-hybridized carbons (Fsp3) is 0.733. The molecule has 108 valence electrons. The van der Waals surface area contributed by atoms with E-state index < -0.39 is 0 Å². The number of hydrogen-bond donors (Lipinski definition) is 2. The van der Waals surface area contributed by atoms with Gasteiger partial charge in [-0.05, 0) is 19.3 Å². The lowest BCUT2D eigenvalue weighted by atomic mass is 10.0. The largest absolute Gasteiger partial charge is 0.373 e. The highest BCUT2D eigenvalue weighted by Crippen LogP contribution is 2.12. The van der Waals surface area contributed by atoms with Gasteiger partial charge < -0.3 is 10.6 Å². The van der Waals surface area contributed by atoms with Crippen molar-refractivity contribution in [3.05, 3.63) is 11.9 Å². The quantitative estimate of drug-likeness (QED) is 0.665. The number of unbranched alkanes of at least 4 members (excludes halogenated alkanes) is 3. The van der Waals surface area contributed by atoms with Crippen LogP contribution < -0.4 is 10.6 Å². The van der Waals surface area contributed by atoms with Crippen molar-refractivity contribution in [1.82, 2.24) is 9.97 Å². The molecule has 1 aromatic heterocycles. The molecule has 0 aromatic carbocycles. The maximum atomic E-state index is 4.38. The van der Waals surface area contributed by atoms with E-state index >= 15 is 0 Å². The average Bonchev–Trinajstić information content (AvgIpc) is 2.36. The Hall–Kier alpha value is -1.32. The van der Waals surface area contributed by atoms with Gasteiger partial charge in [-0.15, -0.1) is 0 Å². The van der Waals surface area contributed by atoms with E-state index in [4.69, 9.17) is 0 Å². The maximum absolute atomic E-state index is 4.38. The Morgan fingerprint density at radius 3 is 2.42 bits per heavy atom. The number of nitrogens with one attached hydrogen (secondary N) is 2. The first-order valence-electron chi connectivity index (χ1n) is 7.39. The molecule has 19 heavy (non-hydrogen) atoms. The van der Waals surface area contributed by atoms with Gasteiger partial charge in [0.15, 0.2) is 0 Å². The van der Waals surface area contributed by atoms with Crippen molar-refractivity contribution in [3.63, 3.8) is 0 Å². The van der Waals surface area contributed by atoms with Gasteiger partial charge in [0.1, 0.15) is 17.5 Å². The van der Waals surface area contributed by atoms with E-state index in [1.165, 1.54) is 32.1 Å². The standard InChI is InChI=1S/C15H28N4/c1-12(2)9-7-5-6-8-10-17-15-11-14(16-4)18-13(3)19-15/h11-12H,5-10H2,1-4H3,(H2,16,17,18,19). The first-order chi connectivity index (χ1) is 9.11. The molecule has 0 spiro atoms. The number of nitrogens with zero attached hydrogens (tertiary/aromatic N) is 2. The highest BCUT2D eigenvalue weighted by molar-refractivity contribution is 5.46. The molecule has 0 unspecified atom stereocenters. The number of anilines is 2. The zero-order valence-corrected chi connectivity index (χ0v) is 12.8. The Morgan fingerprint density at radius 2 is 1.74 bits per heavy atom. The fourth-order valence-electron chi connectivity index (χ4n) is 2.03. The van der Waals surface area contributed by atoms with Crippen LogP contribution in [0, 0.1) is 12.8 Å². The van der Waals surface area contributed by atoms with Crippen LogP contribution in [0.5, 0.6) is 0 Å². The molecule has 0 aliphatic carbocycles. The van der Waals surface area contributed by atoms with Crippen molar-refractivity contribution in [1.29, 1.82) is 0 Å². The summed E-state index contributed by atoms with van der Waals surface area (Å²) >= 11 is 0. The predicted molar refractivity (Wildman–Crippen MR) is 82.7 cm³/mol. The van der Waals surface area contributed by atoms with Crippen LogP contribution in [0.4, 0.5) is 11.6 Å². The van der Waals surface area contributed by atoms with Gasteiger partial charge in [0.25, 0.3) is 0 Å². The van der Waals surface area contributed by atoms with Gasteiger partial charge in [0.2, 0.25) is 0 Å². The highest BCUT2D eigenvalue weighted by atomic mass is 15.1. The Kier molecular flexibility index (Phi) is 7.23. The van der Waals surface area contributed by atoms with Gasteiger partial charge in [-0.25, -0.2) is 9.97 Å². The lowest BCUT2D eigenvalue weighted by Crippen LogP contribution is -2.06. The summed E-state index contributed by atoms with van der Waals surface area (Å²) in [5.41, 5.74) is 0. The Balaban J connectivity index is 2.17. The van der Waals surface area contributed by atoms with Gasteiger partial charge in [-0.3, -0.25) is 0 Å². The van der Waals surface area contributed by atoms with Crippen molar-refractivity contribution in [3.8, 4) is 0 Å². The van der Waals surface area contributed by atoms with Gasteiger partial charge in [-0.1, -0.05) is 39.5 Å². The molecule has 0 saturated heterocycles. The Labute approximate surface area is 117 Å². The molecular formula is C15H28N4. The molecular weight excluding hydrogens is 236 g/mol. The third kappa shape index (κ3) is 6.99. The molecule has 4 heteroatoms. The SMILES string of the molecule is CNc1cc(NCCCCCCC(C)C)nc(C)n1. The van der Waals surface area contributed by atoms with Crippen LogP contribution in [0.15, 0.2) is 6.07 Å². The van der Waals surface area contributed by atoms with Gasteiger partial charge in [0.05, 0.1) is 0 Å². The highest BCUT2D eigenvalue weighted by Gasteiger charge is 2.00. The molecule has 1 heterocycles. The Bertz CT molecular complexity index is 363. The zero-order chi connectivity index (χ0) is 14.1. The maximum Gasteiger partial charge on any atom is 0.131 e. The molecule has 0 aliphatic rings. The second kappa shape index (κ2) is 8.73. The molecule has 2 N–H and O–H groups in total. The second-order valence-electron chi connectivity index (χ2n) is 5.46. The molecule has 0 fully saturated rings. The average molecular weight is 264 g/mol. The van der Waals surface area contributed by atoms with Crippen LogP contribution in [0.25, 0.3) is 0 Å². The summed E-state index contributed by atoms with van der Waals surface area (Å²) in [7, 11) is 1.88. The first kappa shape index (κ1) is 15.7. The van der Waals surface area contributed by atoms with Gasteiger partial charge in [-0.2, -0.15) is 0 Å². The Morgan fingerprint density at radius 1 is 1.05 bits per heavy atom. The topological polar surface area (TPSA) is 49.8 Å². The summed E-state index contributed by atoms with van der Waals surface area (Å²) in [4.78, 5) is 8.65. The number of rotatable bonds is 9. The zero-order valence-electron chi connectivity index (χ0n) is 12.8. The summed E-state index contributed by atoms with van der Waals surface area (Å²) in [6.07, 6.45) is 6.54. The van der Waals surface area contributed by atoms with E-state index in [0.29, 0.717) is 0 Å². The van der Waals surface area contributed by atoms with Crippen molar-refractivity contribution in [2.75, 3.05) is 24.2 Å². The lowest BCUT2D eigenvalue weighted by molar-refractivity contribution is 0.523. The number of aryl methyl sites for hydroxylation is 1. The number of aromatic nitrogens is 2. The van der Waals surface area contributed by atoms with E-state index in [1.54, 1.807) is 0 Å². The molecule has 1 rings (SSSR count). The predicted octanol–water partition coefficient (Wildman–Crippen LogP) is 3.85. The fourth-order valence-corrected chi connectivity index (χ4v) is 2.03. The molecule has 4 nitrogen and oxygen atoms in total. The van der Waals surface area contributed by atoms with Crippen molar-refractivity contribution in [2.45, 2.75) is 52.9 Å². The normalized spacial score (nSPS) is 10.8. The molecule has 1 aromatic rings. The van der Waals surface area contributed by atoms with E-state index in [-0.39, 0.29) is 0 Å². The third-order valence-electron chi connectivity index (χ3n) is 3.11. The summed E-state index contributed by atoms with van der Waals surface area (Å²) in [6, 6.07) is 1.95. The van der Waals surface area contributed by atoms with E-state index in [9.17, 15) is 0 Å². The molecule has 0 amide bonds. The summed E-state index contributed by atoms with van der Waals surface area (Å²) in [5, 5.41) is 6.41. The van der Waals surface area contributed by atoms with Gasteiger partial charge >= 0.3 is 0 Å². The van der Waals surface area contributed by atoms with Gasteiger partial charge in [0, 0.05) is 19.7 Å². The molecule has 0 aliphatic heterocycles. The van der Waals surface area contributed by atoms with Crippen LogP contribution in [0.1, 0.15) is 51.8 Å². The monoisotopic (exact) mass is 264 g/mol. The summed E-state index contributed by atoms with van der Waals surface area (Å²) in [6.45, 7) is 7.48. The lowest BCUT2D eigenvalue weighted by Gasteiger charge is -2.08. The van der Waals surface area contributed by atoms with Crippen LogP contribution in [0.3, 0.4) is 0 Å². The minimum atomic E-state index is 0.797. The smallest absolute Gasteiger partial charge is 0.131 e. The summed E-state index contributed by atoms with van der Waals surface area (Å²) < 4.78 is 0. The first-order valence-corrected chi connectivity index (χ1v) is 7.39. The molecule has 0 bridgehead atoms. The van der Waals surface area contributed by atoms with Crippen LogP contribution >= 0.6 is 0 Å². The number of hydrogen-bond acceptors (Lipinski definition) is 4. The van der Waals surface area contributed by atoms with Crippen molar-refractivity contribution >= 4 is 11.6 Å². The van der Waals surface area contributed by atoms with Crippen LogP contribution in [-0.2, 0) is 0 Å². The van der Waals surface area contributed by atoms with E-state index in [0.717, 1.165) is 29.9 Å². The third-order valence-corrected chi connectivity index (χ3v) is 3.11. The molecule has 0 atom stereocenters. The summed E-state index contributed by atoms with van der Waals surface area (Å²) in [5.74, 6) is 3.42. The van der Waals surface area contributed by atoms with Crippen molar-refractivity contribution < 1.29 is 0 Å². The van der Waals surface area contributed by atoms with Crippen molar-refractivity contribution in [2.24, 2.45) is 5.92 Å². The van der Waals surface area contributed by atoms with E-state index in [2.05, 4.69) is 34.4 Å². The second-order valence-corrected chi connectivity index (χ2v) is 5.46. The van der Waals surface area contributed by atoms with Crippen LogP contribution in [-0.4, -0.2) is 23.6 Å². The minimum Gasteiger partial charge on any atom is -0.373 e. The minimum absolute atomic E-state index is 0.797. The van der Waals surface area contributed by atoms with Crippen LogP contribution in [0.2, 0.25) is 0 Å².